The van der Waals surface area contributed by atoms with Crippen LogP contribution in [0.1, 0.15) is 5.69 Å². The van der Waals surface area contributed by atoms with Gasteiger partial charge in [-0.05, 0) is 28.1 Å². The van der Waals surface area contributed by atoms with Crippen molar-refractivity contribution in [1.29, 1.82) is 0 Å². The van der Waals surface area contributed by atoms with E-state index in [0.717, 1.165) is 6.07 Å². The van der Waals surface area contributed by atoms with Crippen LogP contribution < -0.4 is 0 Å². The second-order valence-corrected chi connectivity index (χ2v) is 4.83. The molecule has 0 saturated heterocycles. The van der Waals surface area contributed by atoms with E-state index in [4.69, 9.17) is 0 Å². The summed E-state index contributed by atoms with van der Waals surface area (Å²) in [4.78, 5) is 3.60. The number of halogens is 5. The average molecular weight is 355 g/mol. The first-order valence-corrected chi connectivity index (χ1v) is 5.80. The standard InChI is InChI=1S/C10H4Br2F3N/c11-6-3-1-2-5-7(12)4-8(10(13,14)15)16-9(5)6/h1-4H. The van der Waals surface area contributed by atoms with Crippen molar-refractivity contribution < 1.29 is 13.2 Å². The zero-order valence-corrected chi connectivity index (χ0v) is 10.8. The van der Waals surface area contributed by atoms with Crippen molar-refractivity contribution in [2.24, 2.45) is 0 Å². The molecular weight excluding hydrogens is 351 g/mol. The Morgan fingerprint density at radius 3 is 2.38 bits per heavy atom. The third kappa shape index (κ3) is 2.08. The van der Waals surface area contributed by atoms with Crippen molar-refractivity contribution in [1.82, 2.24) is 4.98 Å². The molecule has 0 fully saturated rings. The van der Waals surface area contributed by atoms with Gasteiger partial charge in [-0.1, -0.05) is 28.1 Å². The predicted molar refractivity (Wildman–Crippen MR) is 62.1 cm³/mol. The summed E-state index contributed by atoms with van der Waals surface area (Å²) < 4.78 is 38.5. The first-order chi connectivity index (χ1) is 7.39. The van der Waals surface area contributed by atoms with Gasteiger partial charge in [0.05, 0.1) is 5.52 Å². The van der Waals surface area contributed by atoms with Crippen LogP contribution in [0.15, 0.2) is 33.2 Å². The maximum absolute atomic E-state index is 12.5. The number of para-hydroxylation sites is 1. The smallest absolute Gasteiger partial charge is 0.242 e. The fraction of sp³-hybridized carbons (Fsp3) is 0.100. The minimum absolute atomic E-state index is 0.296. The molecule has 0 spiro atoms. The van der Waals surface area contributed by atoms with Gasteiger partial charge in [-0.3, -0.25) is 0 Å². The number of benzene rings is 1. The Bertz CT molecular complexity index is 551. The van der Waals surface area contributed by atoms with Gasteiger partial charge in [-0.15, -0.1) is 0 Å². The Morgan fingerprint density at radius 2 is 1.75 bits per heavy atom. The van der Waals surface area contributed by atoms with Crippen molar-refractivity contribution in [2.45, 2.75) is 6.18 Å². The van der Waals surface area contributed by atoms with Crippen LogP contribution in [0.25, 0.3) is 10.9 Å². The maximum Gasteiger partial charge on any atom is 0.433 e. The van der Waals surface area contributed by atoms with Crippen molar-refractivity contribution in [3.05, 3.63) is 38.9 Å². The first-order valence-electron chi connectivity index (χ1n) is 4.21. The van der Waals surface area contributed by atoms with Gasteiger partial charge in [-0.25, -0.2) is 4.98 Å². The average Bonchev–Trinajstić information content (AvgIpc) is 2.18. The molecule has 16 heavy (non-hydrogen) atoms. The van der Waals surface area contributed by atoms with Crippen molar-refractivity contribution in [3.63, 3.8) is 0 Å². The molecule has 0 N–H and O–H groups in total. The van der Waals surface area contributed by atoms with Gasteiger partial charge in [-0.2, -0.15) is 13.2 Å². The van der Waals surface area contributed by atoms with E-state index in [1.165, 1.54) is 0 Å². The Labute approximate surface area is 106 Å². The van der Waals surface area contributed by atoms with Gasteiger partial charge in [0.15, 0.2) is 0 Å². The molecule has 1 aromatic carbocycles. The van der Waals surface area contributed by atoms with Crippen LogP contribution in [0.4, 0.5) is 13.2 Å². The SMILES string of the molecule is FC(F)(F)c1cc(Br)c2cccc(Br)c2n1. The number of nitrogens with zero attached hydrogens (tertiary/aromatic N) is 1. The van der Waals surface area contributed by atoms with Crippen molar-refractivity contribution >= 4 is 42.8 Å². The summed E-state index contributed by atoms with van der Waals surface area (Å²) in [6, 6.07) is 6.08. The third-order valence-corrected chi connectivity index (χ3v) is 3.33. The molecule has 0 amide bonds. The minimum atomic E-state index is -4.44. The summed E-state index contributed by atoms with van der Waals surface area (Å²) >= 11 is 6.29. The Balaban J connectivity index is 2.81. The summed E-state index contributed by atoms with van der Waals surface area (Å²) in [6.07, 6.45) is -4.44. The van der Waals surface area contributed by atoms with Crippen LogP contribution in [0, 0.1) is 0 Å². The minimum Gasteiger partial charge on any atom is -0.242 e. The number of pyridine rings is 1. The highest BCUT2D eigenvalue weighted by Crippen LogP contribution is 2.34. The van der Waals surface area contributed by atoms with Crippen molar-refractivity contribution in [3.8, 4) is 0 Å². The molecule has 0 atom stereocenters. The lowest BCUT2D eigenvalue weighted by molar-refractivity contribution is -0.141. The van der Waals surface area contributed by atoms with E-state index in [1.54, 1.807) is 18.2 Å². The molecule has 0 saturated carbocycles. The zero-order chi connectivity index (χ0) is 11.9. The van der Waals surface area contributed by atoms with Gasteiger partial charge in [0.25, 0.3) is 0 Å². The summed E-state index contributed by atoms with van der Waals surface area (Å²) in [5, 5.41) is 0.641. The number of hydrogen-bond acceptors (Lipinski definition) is 1. The molecule has 2 aromatic rings. The molecule has 0 aliphatic heterocycles. The predicted octanol–water partition coefficient (Wildman–Crippen LogP) is 4.78. The van der Waals surface area contributed by atoms with E-state index in [2.05, 4.69) is 36.8 Å². The summed E-state index contributed by atoms with van der Waals surface area (Å²) in [6.45, 7) is 0. The Kier molecular flexibility index (Phi) is 2.96. The van der Waals surface area contributed by atoms with Gasteiger partial charge >= 0.3 is 6.18 Å². The molecule has 0 radical (unpaired) electrons. The first kappa shape index (κ1) is 11.9. The fourth-order valence-corrected chi connectivity index (χ4v) is 2.31. The Morgan fingerprint density at radius 1 is 1.06 bits per heavy atom. The second-order valence-electron chi connectivity index (χ2n) is 3.12. The number of alkyl halides is 3. The van der Waals surface area contributed by atoms with Gasteiger partial charge < -0.3 is 0 Å². The van der Waals surface area contributed by atoms with E-state index in [1.807, 2.05) is 0 Å². The number of aromatic nitrogens is 1. The summed E-state index contributed by atoms with van der Waals surface area (Å²) in [7, 11) is 0. The van der Waals surface area contributed by atoms with E-state index < -0.39 is 11.9 Å². The monoisotopic (exact) mass is 353 g/mol. The molecule has 0 unspecified atom stereocenters. The molecule has 1 nitrogen and oxygen atoms in total. The van der Waals surface area contributed by atoms with Crippen LogP contribution in [0.5, 0.6) is 0 Å². The topological polar surface area (TPSA) is 12.9 Å². The molecule has 1 heterocycles. The largest absolute Gasteiger partial charge is 0.433 e. The number of fused-ring (bicyclic) bond motifs is 1. The maximum atomic E-state index is 12.5. The van der Waals surface area contributed by atoms with Crippen molar-refractivity contribution in [2.75, 3.05) is 0 Å². The van der Waals surface area contributed by atoms with Crippen LogP contribution in [0.3, 0.4) is 0 Å². The number of rotatable bonds is 0. The second kappa shape index (κ2) is 4.00. The molecule has 0 bridgehead atoms. The molecule has 6 heteroatoms. The highest BCUT2D eigenvalue weighted by molar-refractivity contribution is 9.11. The molecule has 1 aromatic heterocycles. The molecule has 2 rings (SSSR count). The van der Waals surface area contributed by atoms with Crippen LogP contribution in [0.2, 0.25) is 0 Å². The quantitative estimate of drug-likeness (QED) is 0.663. The number of hydrogen-bond donors (Lipinski definition) is 0. The van der Waals surface area contributed by atoms with Crippen LogP contribution in [-0.4, -0.2) is 4.98 Å². The highest BCUT2D eigenvalue weighted by atomic mass is 79.9. The lowest BCUT2D eigenvalue weighted by atomic mass is 10.2. The zero-order valence-electron chi connectivity index (χ0n) is 7.65. The summed E-state index contributed by atoms with van der Waals surface area (Å²) in [5.74, 6) is 0. The third-order valence-electron chi connectivity index (χ3n) is 2.03. The lowest BCUT2D eigenvalue weighted by Gasteiger charge is -2.09. The summed E-state index contributed by atoms with van der Waals surface area (Å²) in [5.41, 5.74) is -0.608. The van der Waals surface area contributed by atoms with Gasteiger partial charge in [0.2, 0.25) is 0 Å². The van der Waals surface area contributed by atoms with E-state index in [9.17, 15) is 13.2 Å². The highest BCUT2D eigenvalue weighted by Gasteiger charge is 2.33. The van der Waals surface area contributed by atoms with E-state index in [-0.39, 0.29) is 0 Å². The molecule has 0 aliphatic carbocycles. The van der Waals surface area contributed by atoms with Crippen LogP contribution in [-0.2, 0) is 6.18 Å². The fourth-order valence-electron chi connectivity index (χ4n) is 1.32. The van der Waals surface area contributed by atoms with Gasteiger partial charge in [0, 0.05) is 14.3 Å². The Hall–Kier alpha value is -0.620. The lowest BCUT2D eigenvalue weighted by Crippen LogP contribution is -2.08. The van der Waals surface area contributed by atoms with E-state index >= 15 is 0 Å². The normalized spacial score (nSPS) is 12.1. The van der Waals surface area contributed by atoms with E-state index in [0.29, 0.717) is 19.8 Å². The molecule has 84 valence electrons. The molecular formula is C10H4Br2F3N. The molecule has 0 aliphatic rings. The van der Waals surface area contributed by atoms with Crippen LogP contribution >= 0.6 is 31.9 Å². The van der Waals surface area contributed by atoms with Gasteiger partial charge in [0.1, 0.15) is 5.69 Å².